The maximum absolute atomic E-state index is 11.0. The normalized spacial score (nSPS) is 11.4. The smallest absolute Gasteiger partial charge is 0.119 e. The van der Waals surface area contributed by atoms with Gasteiger partial charge in [-0.25, -0.2) is 0 Å². The topological polar surface area (TPSA) is 35.5 Å². The summed E-state index contributed by atoms with van der Waals surface area (Å²) in [5, 5.41) is 0. The molecule has 4 heteroatoms. The molecule has 1 aromatic carbocycles. The summed E-state index contributed by atoms with van der Waals surface area (Å²) in [5.74, 6) is 0. The van der Waals surface area contributed by atoms with Crippen LogP contribution >= 0.6 is 8.25 Å². The zero-order valence-electron chi connectivity index (χ0n) is 8.40. The van der Waals surface area contributed by atoms with Crippen molar-refractivity contribution in [1.29, 1.82) is 0 Å². The first-order valence-electron chi connectivity index (χ1n) is 4.51. The molecule has 0 spiro atoms. The van der Waals surface area contributed by atoms with Crippen LogP contribution in [-0.4, -0.2) is 6.61 Å². The Bertz CT molecular complexity index is 312. The van der Waals surface area contributed by atoms with Gasteiger partial charge in [0.15, 0.2) is 0 Å². The molecule has 0 aliphatic rings. The van der Waals surface area contributed by atoms with E-state index in [1.54, 1.807) is 6.92 Å². The number of benzene rings is 1. The van der Waals surface area contributed by atoms with E-state index in [0.29, 0.717) is 13.2 Å². The molecule has 0 aromatic heterocycles. The van der Waals surface area contributed by atoms with Gasteiger partial charge in [0.2, 0.25) is 0 Å². The lowest BCUT2D eigenvalue weighted by atomic mass is 10.1. The summed E-state index contributed by atoms with van der Waals surface area (Å²) < 4.78 is 20.9. The summed E-state index contributed by atoms with van der Waals surface area (Å²) in [4.78, 5) is 0. The van der Waals surface area contributed by atoms with E-state index in [-0.39, 0.29) is 0 Å². The highest BCUT2D eigenvalue weighted by atomic mass is 31.1. The SMILES string of the molecule is CCO[P+](=O)OCc1ccccc1C. The molecule has 0 amide bonds. The second-order valence-corrected chi connectivity index (χ2v) is 3.80. The highest BCUT2D eigenvalue weighted by Gasteiger charge is 2.18. The van der Waals surface area contributed by atoms with Crippen LogP contribution in [0.25, 0.3) is 0 Å². The molecule has 0 aliphatic heterocycles. The average Bonchev–Trinajstić information content (AvgIpc) is 2.17. The zero-order chi connectivity index (χ0) is 10.4. The van der Waals surface area contributed by atoms with E-state index in [1.807, 2.05) is 31.2 Å². The van der Waals surface area contributed by atoms with Crippen molar-refractivity contribution in [3.63, 3.8) is 0 Å². The predicted octanol–water partition coefficient (Wildman–Crippen LogP) is 3.21. The molecular weight excluding hydrogens is 199 g/mol. The Balaban J connectivity index is 2.46. The highest BCUT2D eigenvalue weighted by molar-refractivity contribution is 7.33. The second-order valence-electron chi connectivity index (χ2n) is 2.84. The van der Waals surface area contributed by atoms with Crippen molar-refractivity contribution in [3.8, 4) is 0 Å². The Morgan fingerprint density at radius 3 is 2.64 bits per heavy atom. The van der Waals surface area contributed by atoms with Crippen molar-refractivity contribution < 1.29 is 13.6 Å². The minimum Gasteiger partial charge on any atom is -0.119 e. The molecule has 0 N–H and O–H groups in total. The van der Waals surface area contributed by atoms with Crippen LogP contribution in [0.5, 0.6) is 0 Å². The molecule has 1 aromatic rings. The van der Waals surface area contributed by atoms with Gasteiger partial charge in [0, 0.05) is 4.57 Å². The lowest BCUT2D eigenvalue weighted by Gasteiger charge is -1.99. The standard InChI is InChI=1S/C10H14O3P/c1-3-12-14(11)13-8-10-7-5-4-6-9(10)2/h4-7H,3,8H2,1-2H3/q+1. The van der Waals surface area contributed by atoms with Gasteiger partial charge < -0.3 is 0 Å². The molecule has 0 bridgehead atoms. The van der Waals surface area contributed by atoms with E-state index in [1.165, 1.54) is 0 Å². The third-order valence-corrected chi connectivity index (χ3v) is 2.63. The number of hydrogen-bond donors (Lipinski definition) is 0. The van der Waals surface area contributed by atoms with Crippen LogP contribution in [0.1, 0.15) is 18.1 Å². The van der Waals surface area contributed by atoms with Gasteiger partial charge in [-0.2, -0.15) is 0 Å². The van der Waals surface area contributed by atoms with Crippen LogP contribution in [0.2, 0.25) is 0 Å². The summed E-state index contributed by atoms with van der Waals surface area (Å²) in [7, 11) is -1.97. The largest absolute Gasteiger partial charge is 0.697 e. The fourth-order valence-corrected chi connectivity index (χ4v) is 1.57. The van der Waals surface area contributed by atoms with Gasteiger partial charge in [0.05, 0.1) is 0 Å². The Morgan fingerprint density at radius 2 is 2.00 bits per heavy atom. The first-order chi connectivity index (χ1) is 6.74. The molecule has 0 radical (unpaired) electrons. The molecule has 76 valence electrons. The van der Waals surface area contributed by atoms with E-state index in [4.69, 9.17) is 9.05 Å². The number of rotatable bonds is 5. The Kier molecular flexibility index (Phi) is 4.74. The Morgan fingerprint density at radius 1 is 1.29 bits per heavy atom. The summed E-state index contributed by atoms with van der Waals surface area (Å²) in [6.07, 6.45) is 0. The van der Waals surface area contributed by atoms with Crippen LogP contribution < -0.4 is 0 Å². The van der Waals surface area contributed by atoms with Crippen LogP contribution in [0.15, 0.2) is 24.3 Å². The van der Waals surface area contributed by atoms with E-state index in [9.17, 15) is 4.57 Å². The lowest BCUT2D eigenvalue weighted by Crippen LogP contribution is -1.90. The summed E-state index contributed by atoms with van der Waals surface area (Å²) >= 11 is 0. The van der Waals surface area contributed by atoms with Gasteiger partial charge in [0.1, 0.15) is 13.2 Å². The van der Waals surface area contributed by atoms with Gasteiger partial charge in [-0.05, 0) is 25.0 Å². The van der Waals surface area contributed by atoms with Gasteiger partial charge in [-0.3, -0.25) is 0 Å². The van der Waals surface area contributed by atoms with Crippen LogP contribution in [0, 0.1) is 6.92 Å². The first kappa shape index (κ1) is 11.3. The summed E-state index contributed by atoms with van der Waals surface area (Å²) in [5.41, 5.74) is 2.17. The average molecular weight is 213 g/mol. The van der Waals surface area contributed by atoms with Gasteiger partial charge in [-0.15, -0.1) is 9.05 Å². The van der Waals surface area contributed by atoms with E-state index in [2.05, 4.69) is 0 Å². The fourth-order valence-electron chi connectivity index (χ4n) is 1.04. The fraction of sp³-hybridized carbons (Fsp3) is 0.400. The van der Waals surface area contributed by atoms with Crippen molar-refractivity contribution >= 4 is 8.25 Å². The zero-order valence-corrected chi connectivity index (χ0v) is 9.29. The minimum atomic E-state index is -1.97. The maximum Gasteiger partial charge on any atom is 0.697 e. The molecule has 14 heavy (non-hydrogen) atoms. The highest BCUT2D eigenvalue weighted by Crippen LogP contribution is 2.25. The van der Waals surface area contributed by atoms with Crippen molar-refractivity contribution in [3.05, 3.63) is 35.4 Å². The van der Waals surface area contributed by atoms with Gasteiger partial charge in [-0.1, -0.05) is 24.3 Å². The lowest BCUT2D eigenvalue weighted by molar-refractivity contribution is 0.226. The Hall–Kier alpha value is -0.760. The third kappa shape index (κ3) is 3.54. The number of aryl methyl sites for hydroxylation is 1. The van der Waals surface area contributed by atoms with Gasteiger partial charge >= 0.3 is 8.25 Å². The van der Waals surface area contributed by atoms with E-state index >= 15 is 0 Å². The molecule has 1 unspecified atom stereocenters. The summed E-state index contributed by atoms with van der Waals surface area (Å²) in [6, 6.07) is 7.83. The molecular formula is C10H14O3P+. The number of hydrogen-bond acceptors (Lipinski definition) is 3. The summed E-state index contributed by atoms with van der Waals surface area (Å²) in [6.45, 7) is 4.52. The molecule has 0 saturated heterocycles. The van der Waals surface area contributed by atoms with Crippen molar-refractivity contribution in [2.45, 2.75) is 20.5 Å². The molecule has 0 saturated carbocycles. The van der Waals surface area contributed by atoms with Crippen molar-refractivity contribution in [1.82, 2.24) is 0 Å². The molecule has 0 heterocycles. The molecule has 1 atom stereocenters. The van der Waals surface area contributed by atoms with E-state index in [0.717, 1.165) is 11.1 Å². The second kappa shape index (κ2) is 5.86. The predicted molar refractivity (Wildman–Crippen MR) is 55.2 cm³/mol. The third-order valence-electron chi connectivity index (χ3n) is 1.82. The minimum absolute atomic E-state index is 0.335. The van der Waals surface area contributed by atoms with Crippen LogP contribution in [0.4, 0.5) is 0 Å². The monoisotopic (exact) mass is 213 g/mol. The molecule has 0 fully saturated rings. The maximum atomic E-state index is 11.0. The Labute approximate surface area is 85.0 Å². The quantitative estimate of drug-likeness (QED) is 0.704. The van der Waals surface area contributed by atoms with E-state index < -0.39 is 8.25 Å². The first-order valence-corrected chi connectivity index (χ1v) is 5.61. The molecule has 0 aliphatic carbocycles. The molecule has 3 nitrogen and oxygen atoms in total. The van der Waals surface area contributed by atoms with Crippen LogP contribution in [0.3, 0.4) is 0 Å². The van der Waals surface area contributed by atoms with Crippen molar-refractivity contribution in [2.24, 2.45) is 0 Å². The van der Waals surface area contributed by atoms with Crippen molar-refractivity contribution in [2.75, 3.05) is 6.61 Å². The molecule has 1 rings (SSSR count). The van der Waals surface area contributed by atoms with Crippen LogP contribution in [-0.2, 0) is 20.2 Å². The van der Waals surface area contributed by atoms with Gasteiger partial charge in [0.25, 0.3) is 0 Å².